The van der Waals surface area contributed by atoms with Crippen LogP contribution in [-0.4, -0.2) is 9.75 Å². The minimum absolute atomic E-state index is 0.112. The topological polar surface area (TPSA) is 43.1 Å². The van der Waals surface area contributed by atoms with Gasteiger partial charge in [-0.15, -0.1) is 0 Å². The molecule has 0 aromatic heterocycles. The van der Waals surface area contributed by atoms with Gasteiger partial charge in [-0.2, -0.15) is 0 Å². The van der Waals surface area contributed by atoms with Crippen LogP contribution in [0, 0.1) is 16.0 Å². The maximum Gasteiger partial charge on any atom is 0.274 e. The third-order valence-corrected chi connectivity index (χ3v) is 4.55. The fraction of sp³-hybridized carbons (Fsp3) is 0.500. The van der Waals surface area contributed by atoms with Crippen molar-refractivity contribution in [3.63, 3.8) is 0 Å². The first-order valence-corrected chi connectivity index (χ1v) is 6.78. The molecule has 0 aliphatic heterocycles. The highest BCUT2D eigenvalue weighted by atomic mass is 79.9. The van der Waals surface area contributed by atoms with Crippen LogP contribution in [0.25, 0.3) is 0 Å². The lowest BCUT2D eigenvalue weighted by atomic mass is 10.0. The molecule has 0 bridgehead atoms. The van der Waals surface area contributed by atoms with Crippen molar-refractivity contribution < 1.29 is 4.92 Å². The van der Waals surface area contributed by atoms with E-state index in [-0.39, 0.29) is 10.6 Å². The highest BCUT2D eigenvalue weighted by Gasteiger charge is 2.18. The van der Waals surface area contributed by atoms with Crippen LogP contribution >= 0.6 is 27.5 Å². The number of rotatable bonds is 5. The summed E-state index contributed by atoms with van der Waals surface area (Å²) in [5.41, 5.74) is 0.741. The molecule has 1 rings (SSSR count). The molecule has 1 aromatic rings. The van der Waals surface area contributed by atoms with Gasteiger partial charge in [0.15, 0.2) is 0 Å². The Balaban J connectivity index is 2.86. The standard InChI is InChI=1S/C12H15BrClNO2/c1-8(2)10(13)7-6-9-11(14)4-3-5-12(9)15(16)17/h3-5,8,10H,6-7H2,1-2H3. The van der Waals surface area contributed by atoms with Crippen molar-refractivity contribution in [3.05, 3.63) is 38.9 Å². The number of halogens is 2. The summed E-state index contributed by atoms with van der Waals surface area (Å²) < 4.78 is 0. The predicted octanol–water partition coefficient (Wildman–Crippen LogP) is 4.60. The first kappa shape index (κ1) is 14.5. The summed E-state index contributed by atoms with van der Waals surface area (Å²) in [5, 5.41) is 11.4. The number of hydrogen-bond donors (Lipinski definition) is 0. The van der Waals surface area contributed by atoms with E-state index in [1.165, 1.54) is 6.07 Å². The van der Waals surface area contributed by atoms with Gasteiger partial charge >= 0.3 is 0 Å². The second-order valence-corrected chi connectivity index (χ2v) is 5.88. The lowest BCUT2D eigenvalue weighted by molar-refractivity contribution is -0.385. The Labute approximate surface area is 114 Å². The zero-order chi connectivity index (χ0) is 13.0. The van der Waals surface area contributed by atoms with Crippen LogP contribution in [0.1, 0.15) is 25.8 Å². The van der Waals surface area contributed by atoms with Crippen molar-refractivity contribution in [2.24, 2.45) is 5.92 Å². The fourth-order valence-corrected chi connectivity index (χ4v) is 2.07. The molecule has 0 saturated carbocycles. The molecule has 0 saturated heterocycles. The quantitative estimate of drug-likeness (QED) is 0.452. The first-order valence-electron chi connectivity index (χ1n) is 5.49. The van der Waals surface area contributed by atoms with Gasteiger partial charge in [-0.25, -0.2) is 0 Å². The number of nitrogens with zero attached hydrogens (tertiary/aromatic N) is 1. The van der Waals surface area contributed by atoms with Crippen molar-refractivity contribution in [2.75, 3.05) is 0 Å². The van der Waals surface area contributed by atoms with Gasteiger partial charge in [0.1, 0.15) is 0 Å². The van der Waals surface area contributed by atoms with Crippen molar-refractivity contribution in [2.45, 2.75) is 31.5 Å². The summed E-state index contributed by atoms with van der Waals surface area (Å²) in [6, 6.07) is 4.81. The van der Waals surface area contributed by atoms with E-state index in [9.17, 15) is 10.1 Å². The normalized spacial score (nSPS) is 12.8. The Hall–Kier alpha value is -0.610. The minimum Gasteiger partial charge on any atom is -0.258 e. The van der Waals surface area contributed by atoms with E-state index in [0.717, 1.165) is 6.42 Å². The number of benzene rings is 1. The van der Waals surface area contributed by atoms with E-state index >= 15 is 0 Å². The zero-order valence-corrected chi connectivity index (χ0v) is 12.2. The zero-order valence-electron chi connectivity index (χ0n) is 9.82. The molecule has 94 valence electrons. The van der Waals surface area contributed by atoms with E-state index in [1.807, 2.05) is 0 Å². The second-order valence-electron chi connectivity index (χ2n) is 4.29. The first-order chi connectivity index (χ1) is 7.93. The highest BCUT2D eigenvalue weighted by Crippen LogP contribution is 2.29. The van der Waals surface area contributed by atoms with Crippen LogP contribution < -0.4 is 0 Å². The summed E-state index contributed by atoms with van der Waals surface area (Å²) >= 11 is 9.59. The Morgan fingerprint density at radius 1 is 1.47 bits per heavy atom. The molecule has 0 heterocycles. The van der Waals surface area contributed by atoms with Gasteiger partial charge in [-0.3, -0.25) is 10.1 Å². The maximum absolute atomic E-state index is 10.9. The monoisotopic (exact) mass is 319 g/mol. The third-order valence-electron chi connectivity index (χ3n) is 2.68. The largest absolute Gasteiger partial charge is 0.274 e. The molecule has 0 spiro atoms. The smallest absolute Gasteiger partial charge is 0.258 e. The number of nitro groups is 1. The molecule has 0 fully saturated rings. The van der Waals surface area contributed by atoms with Gasteiger partial charge in [0.2, 0.25) is 0 Å². The highest BCUT2D eigenvalue weighted by molar-refractivity contribution is 9.09. The molecule has 0 radical (unpaired) electrons. The second kappa shape index (κ2) is 6.36. The van der Waals surface area contributed by atoms with Gasteiger partial charge < -0.3 is 0 Å². The molecule has 5 heteroatoms. The average Bonchev–Trinajstić information content (AvgIpc) is 2.26. The minimum atomic E-state index is -0.375. The molecule has 0 aliphatic rings. The average molecular weight is 321 g/mol. The van der Waals surface area contributed by atoms with Crippen LogP contribution in [0.3, 0.4) is 0 Å². The molecule has 0 aliphatic carbocycles. The molecule has 1 aromatic carbocycles. The summed E-state index contributed by atoms with van der Waals surface area (Å²) in [6.07, 6.45) is 1.45. The Morgan fingerprint density at radius 2 is 2.12 bits per heavy atom. The third kappa shape index (κ3) is 3.96. The molecule has 3 nitrogen and oxygen atoms in total. The molecule has 1 unspecified atom stereocenters. The van der Waals surface area contributed by atoms with Crippen molar-refractivity contribution in [1.29, 1.82) is 0 Å². The summed E-state index contributed by atoms with van der Waals surface area (Å²) in [4.78, 5) is 10.9. The van der Waals surface area contributed by atoms with E-state index in [4.69, 9.17) is 11.6 Å². The molecule has 1 atom stereocenters. The lowest BCUT2D eigenvalue weighted by Gasteiger charge is -2.13. The van der Waals surface area contributed by atoms with E-state index in [1.54, 1.807) is 12.1 Å². The molecule has 17 heavy (non-hydrogen) atoms. The van der Waals surface area contributed by atoms with Crippen LogP contribution in [0.4, 0.5) is 5.69 Å². The van der Waals surface area contributed by atoms with Crippen LogP contribution in [-0.2, 0) is 6.42 Å². The summed E-state index contributed by atoms with van der Waals surface area (Å²) in [6.45, 7) is 4.22. The lowest BCUT2D eigenvalue weighted by Crippen LogP contribution is -2.09. The number of alkyl halides is 1. The van der Waals surface area contributed by atoms with Crippen LogP contribution in [0.15, 0.2) is 18.2 Å². The summed E-state index contributed by atoms with van der Waals surface area (Å²) in [7, 11) is 0. The van der Waals surface area contributed by atoms with E-state index < -0.39 is 0 Å². The molecular formula is C12H15BrClNO2. The van der Waals surface area contributed by atoms with Crippen molar-refractivity contribution in [1.82, 2.24) is 0 Å². The SMILES string of the molecule is CC(C)C(Br)CCc1c(Cl)cccc1[N+](=O)[O-]. The van der Waals surface area contributed by atoms with E-state index in [2.05, 4.69) is 29.8 Å². The van der Waals surface area contributed by atoms with Gasteiger partial charge in [-0.05, 0) is 24.8 Å². The predicted molar refractivity (Wildman–Crippen MR) is 74.0 cm³/mol. The molecular weight excluding hydrogens is 305 g/mol. The number of hydrogen-bond acceptors (Lipinski definition) is 2. The van der Waals surface area contributed by atoms with Crippen molar-refractivity contribution in [3.8, 4) is 0 Å². The van der Waals surface area contributed by atoms with Gasteiger partial charge in [0.25, 0.3) is 5.69 Å². The summed E-state index contributed by atoms with van der Waals surface area (Å²) in [5.74, 6) is 0.497. The fourth-order valence-electron chi connectivity index (χ4n) is 1.58. The Morgan fingerprint density at radius 3 is 2.65 bits per heavy atom. The van der Waals surface area contributed by atoms with E-state index in [0.29, 0.717) is 27.8 Å². The van der Waals surface area contributed by atoms with Gasteiger partial charge in [0, 0.05) is 16.5 Å². The molecule has 0 amide bonds. The van der Waals surface area contributed by atoms with Crippen LogP contribution in [0.5, 0.6) is 0 Å². The maximum atomic E-state index is 10.9. The Bertz CT molecular complexity index is 409. The van der Waals surface area contributed by atoms with Gasteiger partial charge in [-0.1, -0.05) is 47.4 Å². The van der Waals surface area contributed by atoms with Gasteiger partial charge in [0.05, 0.1) is 9.95 Å². The number of nitro benzene ring substituents is 1. The Kier molecular flexibility index (Phi) is 5.40. The molecule has 0 N–H and O–H groups in total. The van der Waals surface area contributed by atoms with Crippen molar-refractivity contribution >= 4 is 33.2 Å². The van der Waals surface area contributed by atoms with Crippen LogP contribution in [0.2, 0.25) is 5.02 Å².